The molecule has 0 saturated heterocycles. The normalized spacial score (nSPS) is 10.8. The lowest BCUT2D eigenvalue weighted by molar-refractivity contribution is -0.119. The van der Waals surface area contributed by atoms with E-state index in [1.165, 1.54) is 11.3 Å². The number of thiocarbonyl (C=S) groups is 1. The Morgan fingerprint density at radius 2 is 2.00 bits per heavy atom. The quantitative estimate of drug-likeness (QED) is 0.667. The summed E-state index contributed by atoms with van der Waals surface area (Å²) in [7, 11) is 0. The van der Waals surface area contributed by atoms with Crippen LogP contribution in [0.1, 0.15) is 31.7 Å². The molecule has 0 aliphatic rings. The van der Waals surface area contributed by atoms with Crippen molar-refractivity contribution >= 4 is 39.5 Å². The van der Waals surface area contributed by atoms with Gasteiger partial charge in [0.05, 0.1) is 0 Å². The number of amides is 1. The molecule has 0 fully saturated rings. The summed E-state index contributed by atoms with van der Waals surface area (Å²) >= 11 is 6.60. The van der Waals surface area contributed by atoms with Crippen LogP contribution < -0.4 is 10.6 Å². The Morgan fingerprint density at radius 3 is 2.68 bits per heavy atom. The van der Waals surface area contributed by atoms with E-state index in [-0.39, 0.29) is 5.91 Å². The van der Waals surface area contributed by atoms with Gasteiger partial charge in [-0.1, -0.05) is 49.4 Å². The molecule has 1 amide bonds. The highest BCUT2D eigenvalue weighted by Gasteiger charge is 2.11. The van der Waals surface area contributed by atoms with Crippen molar-refractivity contribution in [3.63, 3.8) is 0 Å². The van der Waals surface area contributed by atoms with Crippen LogP contribution in [0.25, 0.3) is 15.5 Å². The number of nitrogens with one attached hydrogen (secondary N) is 2. The number of fused-ring (bicyclic) bond motifs is 1. The van der Waals surface area contributed by atoms with E-state index < -0.39 is 0 Å². The van der Waals surface area contributed by atoms with Crippen molar-refractivity contribution in [2.45, 2.75) is 33.2 Å². The number of carbonyl (C=O) groups is 1. The van der Waals surface area contributed by atoms with E-state index in [9.17, 15) is 4.79 Å². The van der Waals surface area contributed by atoms with E-state index in [0.717, 1.165) is 33.3 Å². The fourth-order valence-electron chi connectivity index (χ4n) is 2.20. The maximum Gasteiger partial charge on any atom is 0.234 e. The van der Waals surface area contributed by atoms with Crippen LogP contribution in [-0.2, 0) is 17.8 Å². The summed E-state index contributed by atoms with van der Waals surface area (Å²) in [5.74, 6) is 0.767. The lowest BCUT2D eigenvalue weighted by Gasteiger charge is -2.09. The summed E-state index contributed by atoms with van der Waals surface area (Å²) in [5, 5.41) is 19.7. The van der Waals surface area contributed by atoms with E-state index in [0.29, 0.717) is 18.1 Å². The standard InChI is InChI=1S/C16H18N6OS2/c1-3-12-19-20-16-22(12)21-14(25-16)11-7-5-10(6-8-11)9-17-15(24)18-13(23)4-2/h5-8H,3-4,9H2,1-2H3,(H2,17,18,23,24). The van der Waals surface area contributed by atoms with Crippen molar-refractivity contribution in [3.05, 3.63) is 35.7 Å². The van der Waals surface area contributed by atoms with Gasteiger partial charge in [0, 0.05) is 24.9 Å². The lowest BCUT2D eigenvalue weighted by Crippen LogP contribution is -2.38. The molecule has 3 rings (SSSR count). The first-order valence-corrected chi connectivity index (χ1v) is 9.21. The molecular formula is C16H18N6OS2. The van der Waals surface area contributed by atoms with Gasteiger partial charge in [-0.05, 0) is 17.8 Å². The number of hydrogen-bond acceptors (Lipinski definition) is 6. The summed E-state index contributed by atoms with van der Waals surface area (Å²) in [6.45, 7) is 4.37. The molecule has 9 heteroatoms. The SMILES string of the molecule is CCC(=O)NC(=S)NCc1ccc(-c2nn3c(CC)nnc3s2)cc1. The highest BCUT2D eigenvalue weighted by atomic mass is 32.1. The molecule has 0 aliphatic carbocycles. The molecular weight excluding hydrogens is 356 g/mol. The number of rotatable bonds is 5. The Kier molecular flexibility index (Phi) is 5.34. The van der Waals surface area contributed by atoms with Crippen molar-refractivity contribution in [3.8, 4) is 10.6 Å². The maximum atomic E-state index is 11.3. The van der Waals surface area contributed by atoms with Crippen LogP contribution in [0, 0.1) is 0 Å². The molecule has 3 aromatic rings. The van der Waals surface area contributed by atoms with Crippen LogP contribution in [-0.4, -0.2) is 30.8 Å². The number of aromatic nitrogens is 4. The van der Waals surface area contributed by atoms with E-state index >= 15 is 0 Å². The largest absolute Gasteiger partial charge is 0.358 e. The molecule has 0 bridgehead atoms. The predicted octanol–water partition coefficient (Wildman–Crippen LogP) is 2.32. The number of benzene rings is 1. The van der Waals surface area contributed by atoms with Crippen molar-refractivity contribution < 1.29 is 4.79 Å². The molecule has 0 atom stereocenters. The van der Waals surface area contributed by atoms with Gasteiger partial charge in [0.15, 0.2) is 10.9 Å². The molecule has 0 radical (unpaired) electrons. The fraction of sp³-hybridized carbons (Fsp3) is 0.312. The summed E-state index contributed by atoms with van der Waals surface area (Å²) in [5.41, 5.74) is 2.09. The molecule has 2 aromatic heterocycles. The zero-order valence-electron chi connectivity index (χ0n) is 13.9. The molecule has 25 heavy (non-hydrogen) atoms. The molecule has 130 valence electrons. The minimum Gasteiger partial charge on any atom is -0.358 e. The molecule has 7 nitrogen and oxygen atoms in total. The second-order valence-electron chi connectivity index (χ2n) is 5.35. The number of aryl methyl sites for hydroxylation is 1. The van der Waals surface area contributed by atoms with Gasteiger partial charge in [-0.15, -0.1) is 10.2 Å². The van der Waals surface area contributed by atoms with Crippen LogP contribution in [0.2, 0.25) is 0 Å². The zero-order chi connectivity index (χ0) is 17.8. The first-order chi connectivity index (χ1) is 12.1. The topological polar surface area (TPSA) is 84.2 Å². The van der Waals surface area contributed by atoms with E-state index in [1.807, 2.05) is 31.2 Å². The van der Waals surface area contributed by atoms with Gasteiger partial charge in [0.25, 0.3) is 0 Å². The smallest absolute Gasteiger partial charge is 0.234 e. The Bertz CT molecular complexity index is 899. The Hall–Kier alpha value is -2.39. The molecule has 0 saturated carbocycles. The summed E-state index contributed by atoms with van der Waals surface area (Å²) in [6, 6.07) is 8.05. The van der Waals surface area contributed by atoms with E-state index in [1.54, 1.807) is 11.4 Å². The highest BCUT2D eigenvalue weighted by Crippen LogP contribution is 2.25. The maximum absolute atomic E-state index is 11.3. The van der Waals surface area contributed by atoms with Crippen molar-refractivity contribution in [2.24, 2.45) is 0 Å². The Balaban J connectivity index is 1.66. The van der Waals surface area contributed by atoms with Crippen molar-refractivity contribution in [1.82, 2.24) is 30.4 Å². The molecule has 0 aliphatic heterocycles. The number of nitrogens with zero attached hydrogens (tertiary/aromatic N) is 4. The lowest BCUT2D eigenvalue weighted by atomic mass is 10.1. The third-order valence-corrected chi connectivity index (χ3v) is 4.79. The molecule has 0 unspecified atom stereocenters. The second-order valence-corrected chi connectivity index (χ2v) is 6.72. The molecule has 2 heterocycles. The van der Waals surface area contributed by atoms with E-state index in [2.05, 4.69) is 25.9 Å². The van der Waals surface area contributed by atoms with Crippen LogP contribution in [0.5, 0.6) is 0 Å². The summed E-state index contributed by atoms with van der Waals surface area (Å²) < 4.78 is 1.80. The number of carbonyl (C=O) groups excluding carboxylic acids is 1. The number of hydrogen-bond donors (Lipinski definition) is 2. The van der Waals surface area contributed by atoms with Gasteiger partial charge in [-0.3, -0.25) is 4.79 Å². The zero-order valence-corrected chi connectivity index (χ0v) is 15.6. The van der Waals surface area contributed by atoms with Gasteiger partial charge in [-0.2, -0.15) is 9.61 Å². The van der Waals surface area contributed by atoms with Crippen molar-refractivity contribution in [1.29, 1.82) is 0 Å². The summed E-state index contributed by atoms with van der Waals surface area (Å²) in [6.07, 6.45) is 1.20. The molecule has 1 aromatic carbocycles. The predicted molar refractivity (Wildman–Crippen MR) is 101 cm³/mol. The average Bonchev–Trinajstić information content (AvgIpc) is 3.20. The molecule has 2 N–H and O–H groups in total. The molecule has 0 spiro atoms. The third-order valence-electron chi connectivity index (χ3n) is 3.60. The first-order valence-electron chi connectivity index (χ1n) is 7.98. The Morgan fingerprint density at radius 1 is 1.24 bits per heavy atom. The highest BCUT2D eigenvalue weighted by molar-refractivity contribution is 7.80. The van der Waals surface area contributed by atoms with Crippen LogP contribution in [0.4, 0.5) is 0 Å². The fourth-order valence-corrected chi connectivity index (χ4v) is 3.25. The van der Waals surface area contributed by atoms with Gasteiger partial charge in [0.1, 0.15) is 5.01 Å². The average molecular weight is 374 g/mol. The van der Waals surface area contributed by atoms with Crippen molar-refractivity contribution in [2.75, 3.05) is 0 Å². The monoisotopic (exact) mass is 374 g/mol. The van der Waals surface area contributed by atoms with Crippen LogP contribution in [0.15, 0.2) is 24.3 Å². The summed E-state index contributed by atoms with van der Waals surface area (Å²) in [4.78, 5) is 12.1. The van der Waals surface area contributed by atoms with Crippen LogP contribution in [0.3, 0.4) is 0 Å². The third kappa shape index (κ3) is 3.99. The second kappa shape index (κ2) is 7.66. The van der Waals surface area contributed by atoms with E-state index in [4.69, 9.17) is 12.2 Å². The minimum atomic E-state index is -0.0948. The van der Waals surface area contributed by atoms with Gasteiger partial charge >= 0.3 is 0 Å². The van der Waals surface area contributed by atoms with Crippen LogP contribution >= 0.6 is 23.6 Å². The van der Waals surface area contributed by atoms with Gasteiger partial charge in [0.2, 0.25) is 10.9 Å². The Labute approximate surface area is 154 Å². The van der Waals surface area contributed by atoms with Gasteiger partial charge < -0.3 is 10.6 Å². The first kappa shape index (κ1) is 17.4. The van der Waals surface area contributed by atoms with Gasteiger partial charge in [-0.25, -0.2) is 0 Å². The minimum absolute atomic E-state index is 0.0948.